The highest BCUT2D eigenvalue weighted by Crippen LogP contribution is 2.33. The van der Waals surface area contributed by atoms with E-state index in [1.165, 1.54) is 0 Å². The summed E-state index contributed by atoms with van der Waals surface area (Å²) in [6, 6.07) is 17.1. The van der Waals surface area contributed by atoms with Crippen LogP contribution in [-0.4, -0.2) is 48.6 Å². The van der Waals surface area contributed by atoms with E-state index in [-0.39, 0.29) is 24.0 Å². The van der Waals surface area contributed by atoms with Crippen LogP contribution in [0.15, 0.2) is 54.6 Å². The van der Waals surface area contributed by atoms with Gasteiger partial charge >= 0.3 is 0 Å². The van der Waals surface area contributed by atoms with E-state index in [1.807, 2.05) is 58.3 Å². The largest absolute Gasteiger partial charge is 0.363 e. The van der Waals surface area contributed by atoms with Crippen LogP contribution in [0.2, 0.25) is 5.02 Å². The van der Waals surface area contributed by atoms with Gasteiger partial charge in [-0.15, -0.1) is 0 Å². The zero-order valence-corrected chi connectivity index (χ0v) is 16.4. The van der Waals surface area contributed by atoms with Gasteiger partial charge in [0.15, 0.2) is 0 Å². The van der Waals surface area contributed by atoms with Gasteiger partial charge in [0.25, 0.3) is 5.91 Å². The van der Waals surface area contributed by atoms with E-state index in [4.69, 9.17) is 16.3 Å². The molecule has 4 rings (SSSR count). The van der Waals surface area contributed by atoms with E-state index in [0.717, 1.165) is 24.1 Å². The number of para-hydroxylation sites is 1. The molecule has 0 radical (unpaired) electrons. The number of morpholine rings is 1. The Morgan fingerprint density at radius 1 is 1.04 bits per heavy atom. The first-order valence-electron chi connectivity index (χ1n) is 9.57. The van der Waals surface area contributed by atoms with Crippen LogP contribution >= 0.6 is 11.6 Å². The SMILES string of the molecule is O=C(Cc1ccccc1Cl)N1CCC2(CC1)CN(c1ccccc1)C(=O)CO2. The average Bonchev–Trinajstić information content (AvgIpc) is 2.73. The molecule has 28 heavy (non-hydrogen) atoms. The van der Waals surface area contributed by atoms with Gasteiger partial charge in [-0.25, -0.2) is 0 Å². The number of carbonyl (C=O) groups is 2. The van der Waals surface area contributed by atoms with Gasteiger partial charge in [0, 0.05) is 23.8 Å². The average molecular weight is 399 g/mol. The van der Waals surface area contributed by atoms with Crippen molar-refractivity contribution in [3.8, 4) is 0 Å². The van der Waals surface area contributed by atoms with Crippen LogP contribution in [-0.2, 0) is 20.7 Å². The Labute approximate surface area is 169 Å². The number of likely N-dealkylation sites (tertiary alicyclic amines) is 1. The van der Waals surface area contributed by atoms with E-state index < -0.39 is 0 Å². The fraction of sp³-hybridized carbons (Fsp3) is 0.364. The smallest absolute Gasteiger partial charge is 0.253 e. The second kappa shape index (κ2) is 7.94. The molecule has 0 saturated carbocycles. The monoisotopic (exact) mass is 398 g/mol. The predicted molar refractivity (Wildman–Crippen MR) is 108 cm³/mol. The molecule has 2 aliphatic rings. The Morgan fingerprint density at radius 2 is 1.71 bits per heavy atom. The molecule has 2 aromatic carbocycles. The number of hydrogen-bond acceptors (Lipinski definition) is 3. The van der Waals surface area contributed by atoms with Crippen molar-refractivity contribution >= 4 is 29.1 Å². The lowest BCUT2D eigenvalue weighted by molar-refractivity contribution is -0.150. The molecule has 1 spiro atoms. The molecule has 0 N–H and O–H groups in total. The summed E-state index contributed by atoms with van der Waals surface area (Å²) in [4.78, 5) is 28.7. The summed E-state index contributed by atoms with van der Waals surface area (Å²) >= 11 is 6.18. The van der Waals surface area contributed by atoms with Gasteiger partial charge in [0.2, 0.25) is 5.91 Å². The molecular weight excluding hydrogens is 376 g/mol. The van der Waals surface area contributed by atoms with Crippen molar-refractivity contribution in [2.75, 3.05) is 31.1 Å². The van der Waals surface area contributed by atoms with Gasteiger partial charge < -0.3 is 14.5 Å². The summed E-state index contributed by atoms with van der Waals surface area (Å²) in [5.41, 5.74) is 1.36. The van der Waals surface area contributed by atoms with Gasteiger partial charge in [0.05, 0.1) is 18.6 Å². The summed E-state index contributed by atoms with van der Waals surface area (Å²) in [5.74, 6) is 0.0591. The maximum atomic E-state index is 12.7. The molecule has 2 saturated heterocycles. The number of hydrogen-bond donors (Lipinski definition) is 0. The van der Waals surface area contributed by atoms with Crippen molar-refractivity contribution in [3.05, 3.63) is 65.2 Å². The fourth-order valence-electron chi connectivity index (χ4n) is 3.94. The Kier molecular flexibility index (Phi) is 5.38. The van der Waals surface area contributed by atoms with Crippen LogP contribution < -0.4 is 4.90 Å². The Bertz CT molecular complexity index is 863. The number of anilines is 1. The minimum atomic E-state index is -0.384. The molecule has 2 fully saturated rings. The van der Waals surface area contributed by atoms with E-state index in [2.05, 4.69) is 0 Å². The lowest BCUT2D eigenvalue weighted by atomic mass is 9.88. The number of nitrogens with zero attached hydrogens (tertiary/aromatic N) is 2. The van der Waals surface area contributed by atoms with Gasteiger partial charge in [-0.1, -0.05) is 48.0 Å². The molecule has 0 aliphatic carbocycles. The highest BCUT2D eigenvalue weighted by atomic mass is 35.5. The molecule has 0 atom stereocenters. The molecule has 2 heterocycles. The number of amides is 2. The van der Waals surface area contributed by atoms with Crippen LogP contribution in [0.25, 0.3) is 0 Å². The maximum absolute atomic E-state index is 12.7. The quantitative estimate of drug-likeness (QED) is 0.797. The number of rotatable bonds is 3. The zero-order chi connectivity index (χ0) is 19.6. The van der Waals surface area contributed by atoms with Gasteiger partial charge in [-0.3, -0.25) is 9.59 Å². The first kappa shape index (κ1) is 19.0. The van der Waals surface area contributed by atoms with Crippen molar-refractivity contribution in [2.45, 2.75) is 24.9 Å². The number of ether oxygens (including phenoxy) is 1. The number of piperidine rings is 1. The van der Waals surface area contributed by atoms with E-state index in [9.17, 15) is 9.59 Å². The minimum Gasteiger partial charge on any atom is -0.363 e. The summed E-state index contributed by atoms with van der Waals surface area (Å²) in [5, 5.41) is 0.622. The number of halogens is 1. The first-order chi connectivity index (χ1) is 13.6. The third kappa shape index (κ3) is 3.91. The summed E-state index contributed by atoms with van der Waals surface area (Å²) in [6.45, 7) is 1.87. The first-order valence-corrected chi connectivity index (χ1v) is 9.95. The molecule has 0 bridgehead atoms. The molecule has 146 valence electrons. The van der Waals surface area contributed by atoms with Crippen molar-refractivity contribution in [1.29, 1.82) is 0 Å². The Balaban J connectivity index is 1.40. The Hall–Kier alpha value is -2.37. The summed E-state index contributed by atoms with van der Waals surface area (Å²) in [6.07, 6.45) is 1.75. The third-order valence-corrected chi connectivity index (χ3v) is 6.01. The number of benzene rings is 2. The second-order valence-electron chi connectivity index (χ2n) is 7.44. The lowest BCUT2D eigenvalue weighted by Crippen LogP contribution is -2.59. The van der Waals surface area contributed by atoms with Crippen molar-refractivity contribution in [2.24, 2.45) is 0 Å². The van der Waals surface area contributed by atoms with Crippen molar-refractivity contribution in [1.82, 2.24) is 4.90 Å². The molecule has 5 nitrogen and oxygen atoms in total. The molecule has 0 unspecified atom stereocenters. The van der Waals surface area contributed by atoms with Gasteiger partial charge in [-0.2, -0.15) is 0 Å². The fourth-order valence-corrected chi connectivity index (χ4v) is 4.14. The standard InChI is InChI=1S/C22H23ClN2O3/c23-19-9-5-4-6-17(19)14-20(26)24-12-10-22(11-13-24)16-25(21(27)15-28-22)18-7-2-1-3-8-18/h1-9H,10-16H2. The normalized spacial score (nSPS) is 19.1. The maximum Gasteiger partial charge on any atom is 0.253 e. The topological polar surface area (TPSA) is 49.9 Å². The van der Waals surface area contributed by atoms with Crippen molar-refractivity contribution in [3.63, 3.8) is 0 Å². The molecular formula is C22H23ClN2O3. The number of carbonyl (C=O) groups excluding carboxylic acids is 2. The van der Waals surface area contributed by atoms with Crippen LogP contribution in [0.5, 0.6) is 0 Å². The van der Waals surface area contributed by atoms with E-state index in [1.54, 1.807) is 6.07 Å². The van der Waals surface area contributed by atoms with Crippen LogP contribution in [0.4, 0.5) is 5.69 Å². The highest BCUT2D eigenvalue weighted by molar-refractivity contribution is 6.31. The molecule has 2 amide bonds. The molecule has 2 aliphatic heterocycles. The molecule has 6 heteroatoms. The molecule has 2 aromatic rings. The van der Waals surface area contributed by atoms with Crippen LogP contribution in [0.1, 0.15) is 18.4 Å². The van der Waals surface area contributed by atoms with Gasteiger partial charge in [-0.05, 0) is 36.6 Å². The molecule has 0 aromatic heterocycles. The predicted octanol–water partition coefficient (Wildman–Crippen LogP) is 3.31. The van der Waals surface area contributed by atoms with E-state index >= 15 is 0 Å². The van der Waals surface area contributed by atoms with Crippen LogP contribution in [0, 0.1) is 0 Å². The van der Waals surface area contributed by atoms with Crippen LogP contribution in [0.3, 0.4) is 0 Å². The third-order valence-electron chi connectivity index (χ3n) is 5.64. The Morgan fingerprint density at radius 3 is 2.43 bits per heavy atom. The lowest BCUT2D eigenvalue weighted by Gasteiger charge is -2.47. The van der Waals surface area contributed by atoms with E-state index in [0.29, 0.717) is 31.1 Å². The second-order valence-corrected chi connectivity index (χ2v) is 7.84. The summed E-state index contributed by atoms with van der Waals surface area (Å²) < 4.78 is 5.99. The highest BCUT2D eigenvalue weighted by Gasteiger charge is 2.43. The minimum absolute atomic E-state index is 0.0194. The summed E-state index contributed by atoms with van der Waals surface area (Å²) in [7, 11) is 0. The van der Waals surface area contributed by atoms with Gasteiger partial charge in [0.1, 0.15) is 6.61 Å². The zero-order valence-electron chi connectivity index (χ0n) is 15.6. The van der Waals surface area contributed by atoms with Crippen molar-refractivity contribution < 1.29 is 14.3 Å².